The van der Waals surface area contributed by atoms with E-state index in [-0.39, 0.29) is 11.9 Å². The Hall–Kier alpha value is -2.16. The maximum absolute atomic E-state index is 12.4. The molecular formula is C18H21NO2. The van der Waals surface area contributed by atoms with E-state index >= 15 is 0 Å². The molecule has 0 bridgehead atoms. The van der Waals surface area contributed by atoms with Gasteiger partial charge in [0.15, 0.2) is 5.78 Å². The second-order valence-corrected chi connectivity index (χ2v) is 5.59. The Morgan fingerprint density at radius 3 is 2.57 bits per heavy atom. The number of ketones is 1. The average molecular weight is 283 g/mol. The largest absolute Gasteiger partial charge is 0.489 e. The summed E-state index contributed by atoms with van der Waals surface area (Å²) in [5.41, 5.74) is 4.06. The van der Waals surface area contributed by atoms with Crippen LogP contribution in [0.5, 0.6) is 5.75 Å². The molecule has 0 aliphatic carbocycles. The lowest BCUT2D eigenvalue weighted by atomic mass is 10.0. The van der Waals surface area contributed by atoms with Gasteiger partial charge in [0.05, 0.1) is 12.3 Å². The number of rotatable bonds is 5. The normalized spacial score (nSPS) is 10.7. The zero-order valence-corrected chi connectivity index (χ0v) is 13.0. The van der Waals surface area contributed by atoms with Crippen LogP contribution < -0.4 is 4.74 Å². The number of Topliss-reactive ketones (excluding diaryl/α,β-unsaturated/α-hetero) is 1. The van der Waals surface area contributed by atoms with Gasteiger partial charge in [-0.1, -0.05) is 18.2 Å². The highest BCUT2D eigenvalue weighted by molar-refractivity contribution is 5.97. The van der Waals surface area contributed by atoms with Crippen LogP contribution in [0.1, 0.15) is 40.9 Å². The van der Waals surface area contributed by atoms with E-state index in [1.807, 2.05) is 19.9 Å². The third-order valence-electron chi connectivity index (χ3n) is 3.34. The molecule has 0 amide bonds. The van der Waals surface area contributed by atoms with Crippen LogP contribution >= 0.6 is 0 Å². The van der Waals surface area contributed by atoms with Crippen LogP contribution in [0.3, 0.4) is 0 Å². The summed E-state index contributed by atoms with van der Waals surface area (Å²) in [7, 11) is 0. The fourth-order valence-electron chi connectivity index (χ4n) is 2.11. The highest BCUT2D eigenvalue weighted by Gasteiger charge is 2.10. The van der Waals surface area contributed by atoms with Gasteiger partial charge in [-0.15, -0.1) is 0 Å². The van der Waals surface area contributed by atoms with E-state index in [9.17, 15) is 4.79 Å². The molecule has 1 aromatic carbocycles. The first-order chi connectivity index (χ1) is 9.95. The van der Waals surface area contributed by atoms with Crippen LogP contribution in [0.25, 0.3) is 0 Å². The maximum Gasteiger partial charge on any atom is 0.168 e. The van der Waals surface area contributed by atoms with Crippen molar-refractivity contribution in [2.24, 2.45) is 0 Å². The summed E-state index contributed by atoms with van der Waals surface area (Å²) >= 11 is 0. The Bertz CT molecular complexity index is 647. The minimum absolute atomic E-state index is 0.0555. The van der Waals surface area contributed by atoms with Crippen molar-refractivity contribution in [3.63, 3.8) is 0 Å². The highest BCUT2D eigenvalue weighted by Crippen LogP contribution is 2.16. The molecule has 0 N–H and O–H groups in total. The van der Waals surface area contributed by atoms with E-state index in [1.165, 1.54) is 11.1 Å². The smallest absolute Gasteiger partial charge is 0.168 e. The quantitative estimate of drug-likeness (QED) is 0.781. The number of pyridine rings is 1. The first-order valence-electron chi connectivity index (χ1n) is 7.16. The zero-order chi connectivity index (χ0) is 15.4. The molecule has 21 heavy (non-hydrogen) atoms. The van der Waals surface area contributed by atoms with Crippen molar-refractivity contribution in [2.75, 3.05) is 0 Å². The van der Waals surface area contributed by atoms with Gasteiger partial charge in [0.1, 0.15) is 5.75 Å². The molecule has 3 heteroatoms. The highest BCUT2D eigenvalue weighted by atomic mass is 16.5. The average Bonchev–Trinajstić information content (AvgIpc) is 2.42. The summed E-state index contributed by atoms with van der Waals surface area (Å²) in [4.78, 5) is 16.4. The van der Waals surface area contributed by atoms with E-state index in [0.29, 0.717) is 17.7 Å². The van der Waals surface area contributed by atoms with Crippen LogP contribution in [-0.2, 0) is 6.42 Å². The third-order valence-corrected chi connectivity index (χ3v) is 3.34. The van der Waals surface area contributed by atoms with Crippen molar-refractivity contribution < 1.29 is 9.53 Å². The van der Waals surface area contributed by atoms with Gasteiger partial charge in [0.2, 0.25) is 0 Å². The van der Waals surface area contributed by atoms with Crippen LogP contribution in [0, 0.1) is 13.8 Å². The lowest BCUT2D eigenvalue weighted by Crippen LogP contribution is -2.08. The van der Waals surface area contributed by atoms with Crippen LogP contribution in [0.2, 0.25) is 0 Å². The van der Waals surface area contributed by atoms with E-state index in [4.69, 9.17) is 4.74 Å². The Kier molecular flexibility index (Phi) is 4.73. The standard InChI is InChI=1S/C18H21NO2/c1-12(2)21-17-9-16(10-19-11-17)18(20)8-15-6-5-13(3)14(4)7-15/h5-7,9-12H,8H2,1-4H3. The van der Waals surface area contributed by atoms with Crippen LogP contribution in [-0.4, -0.2) is 16.9 Å². The van der Waals surface area contributed by atoms with E-state index in [0.717, 1.165) is 5.56 Å². The van der Waals surface area contributed by atoms with E-state index in [2.05, 4.69) is 31.0 Å². The van der Waals surface area contributed by atoms with Gasteiger partial charge in [-0.2, -0.15) is 0 Å². The molecule has 1 heterocycles. The van der Waals surface area contributed by atoms with Crippen molar-refractivity contribution in [1.82, 2.24) is 4.98 Å². The fourth-order valence-corrected chi connectivity index (χ4v) is 2.11. The number of benzene rings is 1. The van der Waals surface area contributed by atoms with Crippen molar-refractivity contribution in [1.29, 1.82) is 0 Å². The molecule has 0 saturated carbocycles. The number of nitrogens with zero attached hydrogens (tertiary/aromatic N) is 1. The summed E-state index contributed by atoms with van der Waals surface area (Å²) < 4.78 is 5.58. The predicted octanol–water partition coefficient (Wildman–Crippen LogP) is 3.91. The summed E-state index contributed by atoms with van der Waals surface area (Å²) in [5.74, 6) is 0.691. The molecule has 2 aromatic rings. The molecule has 3 nitrogen and oxygen atoms in total. The van der Waals surface area contributed by atoms with Gasteiger partial charge in [-0.25, -0.2) is 0 Å². The molecule has 0 atom stereocenters. The number of hydrogen-bond acceptors (Lipinski definition) is 3. The van der Waals surface area contributed by atoms with Crippen LogP contribution in [0.15, 0.2) is 36.7 Å². The monoisotopic (exact) mass is 283 g/mol. The number of aromatic nitrogens is 1. The molecule has 1 aromatic heterocycles. The number of hydrogen-bond donors (Lipinski definition) is 0. The predicted molar refractivity (Wildman–Crippen MR) is 84.0 cm³/mol. The number of carbonyl (C=O) groups is 1. The van der Waals surface area contributed by atoms with Gasteiger partial charge >= 0.3 is 0 Å². The molecule has 0 saturated heterocycles. The summed E-state index contributed by atoms with van der Waals surface area (Å²) in [6.07, 6.45) is 3.68. The molecule has 0 radical (unpaired) electrons. The fraction of sp³-hybridized carbons (Fsp3) is 0.333. The van der Waals surface area contributed by atoms with Crippen molar-refractivity contribution in [2.45, 2.75) is 40.2 Å². The summed E-state index contributed by atoms with van der Waals surface area (Å²) in [6, 6.07) is 7.88. The SMILES string of the molecule is Cc1ccc(CC(=O)c2cncc(OC(C)C)c2)cc1C. The number of ether oxygens (including phenoxy) is 1. The Balaban J connectivity index is 2.14. The Morgan fingerprint density at radius 2 is 1.90 bits per heavy atom. The van der Waals surface area contributed by atoms with Gasteiger partial charge in [-0.05, 0) is 50.5 Å². The topological polar surface area (TPSA) is 39.2 Å². The maximum atomic E-state index is 12.4. The first-order valence-corrected chi connectivity index (χ1v) is 7.16. The number of carbonyl (C=O) groups excluding carboxylic acids is 1. The molecule has 0 aliphatic rings. The molecule has 0 spiro atoms. The second kappa shape index (κ2) is 6.53. The zero-order valence-electron chi connectivity index (χ0n) is 13.0. The Labute approximate surface area is 126 Å². The summed E-state index contributed by atoms with van der Waals surface area (Å²) in [5, 5.41) is 0. The van der Waals surface area contributed by atoms with Crippen molar-refractivity contribution in [3.8, 4) is 5.75 Å². The molecule has 2 rings (SSSR count). The van der Waals surface area contributed by atoms with Gasteiger partial charge in [0, 0.05) is 18.2 Å². The van der Waals surface area contributed by atoms with Gasteiger partial charge in [0.25, 0.3) is 0 Å². The lowest BCUT2D eigenvalue weighted by Gasteiger charge is -2.10. The van der Waals surface area contributed by atoms with Crippen molar-refractivity contribution in [3.05, 3.63) is 58.9 Å². The number of aryl methyl sites for hydroxylation is 2. The molecule has 0 unspecified atom stereocenters. The van der Waals surface area contributed by atoms with Gasteiger partial charge in [-0.3, -0.25) is 9.78 Å². The lowest BCUT2D eigenvalue weighted by molar-refractivity contribution is 0.0992. The third kappa shape index (κ3) is 4.15. The first kappa shape index (κ1) is 15.2. The van der Waals surface area contributed by atoms with E-state index in [1.54, 1.807) is 18.5 Å². The second-order valence-electron chi connectivity index (χ2n) is 5.59. The van der Waals surface area contributed by atoms with E-state index < -0.39 is 0 Å². The van der Waals surface area contributed by atoms with Crippen molar-refractivity contribution >= 4 is 5.78 Å². The Morgan fingerprint density at radius 1 is 1.14 bits per heavy atom. The minimum atomic E-state index is 0.0555. The molecule has 0 fully saturated rings. The molecule has 110 valence electrons. The molecular weight excluding hydrogens is 262 g/mol. The van der Waals surface area contributed by atoms with Gasteiger partial charge < -0.3 is 4.74 Å². The summed E-state index contributed by atoms with van der Waals surface area (Å²) in [6.45, 7) is 8.02. The minimum Gasteiger partial charge on any atom is -0.489 e. The van der Waals surface area contributed by atoms with Crippen LogP contribution in [0.4, 0.5) is 0 Å². The molecule has 0 aliphatic heterocycles.